The van der Waals surface area contributed by atoms with Crippen molar-refractivity contribution in [2.45, 2.75) is 6.10 Å². The number of rotatable bonds is 2. The summed E-state index contributed by atoms with van der Waals surface area (Å²) in [5.74, 6) is -5.14. The van der Waals surface area contributed by atoms with Crippen molar-refractivity contribution in [2.75, 3.05) is 0 Å². The maximum atomic E-state index is 13.0. The number of carboxylic acids is 1. The summed E-state index contributed by atoms with van der Waals surface area (Å²) in [5.41, 5.74) is -0.810. The normalized spacial score (nSPS) is 12.5. The Bertz CT molecular complexity index is 378. The Kier molecular flexibility index (Phi) is 2.66. The molecule has 1 aromatic rings. The van der Waals surface area contributed by atoms with Gasteiger partial charge in [-0.1, -0.05) is 0 Å². The Morgan fingerprint density at radius 2 is 1.93 bits per heavy atom. The number of phenolic OH excluding ortho intramolecular Hbond substituents is 1. The first kappa shape index (κ1) is 10.4. The molecule has 1 rings (SSSR count). The van der Waals surface area contributed by atoms with Crippen LogP contribution in [-0.4, -0.2) is 21.3 Å². The molecule has 1 unspecified atom stereocenters. The van der Waals surface area contributed by atoms with E-state index in [0.717, 1.165) is 0 Å². The summed E-state index contributed by atoms with van der Waals surface area (Å²) < 4.78 is 25.6. The third-order valence-corrected chi connectivity index (χ3v) is 1.57. The molecule has 3 N–H and O–H groups in total. The number of phenols is 1. The summed E-state index contributed by atoms with van der Waals surface area (Å²) in [6, 6.07) is 0.987. The Labute approximate surface area is 77.0 Å². The minimum atomic E-state index is -2.20. The van der Waals surface area contributed by atoms with Crippen molar-refractivity contribution in [3.8, 4) is 5.75 Å². The van der Waals surface area contributed by atoms with Crippen molar-refractivity contribution in [1.82, 2.24) is 0 Å². The highest BCUT2D eigenvalue weighted by atomic mass is 19.1. The summed E-state index contributed by atoms with van der Waals surface area (Å²) in [6.07, 6.45) is -2.20. The predicted molar refractivity (Wildman–Crippen MR) is 40.6 cm³/mol. The number of carboxylic acid groups (broad SMARTS) is 1. The van der Waals surface area contributed by atoms with Crippen LogP contribution in [0.3, 0.4) is 0 Å². The summed E-state index contributed by atoms with van der Waals surface area (Å²) >= 11 is 0. The molecule has 76 valence electrons. The van der Waals surface area contributed by atoms with Crippen LogP contribution in [0.5, 0.6) is 5.75 Å². The molecule has 0 radical (unpaired) electrons. The fourth-order valence-corrected chi connectivity index (χ4v) is 0.927. The lowest BCUT2D eigenvalue weighted by molar-refractivity contribution is -0.147. The van der Waals surface area contributed by atoms with Gasteiger partial charge in [0.25, 0.3) is 0 Å². The average Bonchev–Trinajstić information content (AvgIpc) is 2.09. The molecule has 0 saturated carbocycles. The van der Waals surface area contributed by atoms with E-state index in [-0.39, 0.29) is 0 Å². The van der Waals surface area contributed by atoms with Gasteiger partial charge in [-0.2, -0.15) is 0 Å². The van der Waals surface area contributed by atoms with Crippen LogP contribution in [0.15, 0.2) is 12.1 Å². The molecule has 6 heteroatoms. The molecular weight excluding hydrogens is 198 g/mol. The molecule has 0 fully saturated rings. The van der Waals surface area contributed by atoms with Crippen molar-refractivity contribution >= 4 is 5.97 Å². The van der Waals surface area contributed by atoms with Gasteiger partial charge in [-0.3, -0.25) is 0 Å². The van der Waals surface area contributed by atoms with E-state index in [0.29, 0.717) is 12.1 Å². The quantitative estimate of drug-likeness (QED) is 0.665. The predicted octanol–water partition coefficient (Wildman–Crippen LogP) is 0.788. The highest BCUT2D eigenvalue weighted by Gasteiger charge is 2.23. The molecule has 4 nitrogen and oxygen atoms in total. The van der Waals surface area contributed by atoms with Crippen LogP contribution in [0.1, 0.15) is 11.7 Å². The Morgan fingerprint density at radius 3 is 2.43 bits per heavy atom. The molecule has 1 atom stereocenters. The van der Waals surface area contributed by atoms with E-state index in [1.807, 2.05) is 0 Å². The first-order valence-corrected chi connectivity index (χ1v) is 3.52. The second-order valence-electron chi connectivity index (χ2n) is 2.57. The van der Waals surface area contributed by atoms with Crippen LogP contribution in [-0.2, 0) is 4.79 Å². The lowest BCUT2D eigenvalue weighted by Gasteiger charge is -2.08. The lowest BCUT2D eigenvalue weighted by Crippen LogP contribution is -2.12. The minimum absolute atomic E-state index is 0.480. The van der Waals surface area contributed by atoms with Gasteiger partial charge in [0.15, 0.2) is 17.7 Å². The first-order chi connectivity index (χ1) is 6.43. The number of hydrogen-bond donors (Lipinski definition) is 3. The van der Waals surface area contributed by atoms with Crippen LogP contribution in [0, 0.1) is 11.6 Å². The van der Waals surface area contributed by atoms with Crippen LogP contribution in [0.4, 0.5) is 8.78 Å². The molecule has 1 aromatic carbocycles. The van der Waals surface area contributed by atoms with Crippen LogP contribution >= 0.6 is 0 Å². The fraction of sp³-hybridized carbons (Fsp3) is 0.125. The maximum absolute atomic E-state index is 13.0. The number of benzene rings is 1. The average molecular weight is 204 g/mol. The van der Waals surface area contributed by atoms with E-state index in [1.54, 1.807) is 0 Å². The molecule has 0 aliphatic carbocycles. The molecule has 0 aliphatic heterocycles. The van der Waals surface area contributed by atoms with Gasteiger partial charge in [-0.15, -0.1) is 0 Å². The van der Waals surface area contributed by atoms with E-state index < -0.39 is 35.0 Å². The number of aliphatic hydroxyl groups is 1. The van der Waals surface area contributed by atoms with Crippen molar-refractivity contribution < 1.29 is 28.9 Å². The number of aliphatic carboxylic acids is 1. The molecule has 0 amide bonds. The SMILES string of the molecule is O=C(O)C(O)c1cc(F)cc(O)c1F. The van der Waals surface area contributed by atoms with E-state index in [4.69, 9.17) is 15.3 Å². The largest absolute Gasteiger partial charge is 0.505 e. The monoisotopic (exact) mass is 204 g/mol. The van der Waals surface area contributed by atoms with Gasteiger partial charge in [-0.05, 0) is 6.07 Å². The van der Waals surface area contributed by atoms with Crippen LogP contribution in [0.25, 0.3) is 0 Å². The summed E-state index contributed by atoms with van der Waals surface area (Å²) in [6.45, 7) is 0. The molecule has 0 aliphatic rings. The van der Waals surface area contributed by atoms with Gasteiger partial charge in [-0.25, -0.2) is 13.6 Å². The molecule has 0 saturated heterocycles. The smallest absolute Gasteiger partial charge is 0.337 e. The van der Waals surface area contributed by atoms with Crippen molar-refractivity contribution in [3.63, 3.8) is 0 Å². The van der Waals surface area contributed by atoms with Gasteiger partial charge in [0.2, 0.25) is 0 Å². The van der Waals surface area contributed by atoms with Crippen molar-refractivity contribution in [2.24, 2.45) is 0 Å². The topological polar surface area (TPSA) is 77.8 Å². The molecule has 0 bridgehead atoms. The minimum Gasteiger partial charge on any atom is -0.505 e. The number of halogens is 2. The number of aliphatic hydroxyl groups excluding tert-OH is 1. The van der Waals surface area contributed by atoms with Gasteiger partial charge in [0, 0.05) is 11.6 Å². The van der Waals surface area contributed by atoms with Gasteiger partial charge < -0.3 is 15.3 Å². The zero-order valence-corrected chi connectivity index (χ0v) is 6.74. The third kappa shape index (κ3) is 1.80. The van der Waals surface area contributed by atoms with E-state index in [9.17, 15) is 13.6 Å². The number of aromatic hydroxyl groups is 1. The first-order valence-electron chi connectivity index (χ1n) is 3.52. The molecule has 0 spiro atoms. The molecule has 0 aromatic heterocycles. The second kappa shape index (κ2) is 3.59. The van der Waals surface area contributed by atoms with Crippen molar-refractivity contribution in [1.29, 1.82) is 0 Å². The zero-order valence-electron chi connectivity index (χ0n) is 6.74. The maximum Gasteiger partial charge on any atom is 0.337 e. The highest BCUT2D eigenvalue weighted by molar-refractivity contribution is 5.74. The Morgan fingerprint density at radius 1 is 1.36 bits per heavy atom. The van der Waals surface area contributed by atoms with E-state index in [1.165, 1.54) is 0 Å². The summed E-state index contributed by atoms with van der Waals surface area (Å²) in [7, 11) is 0. The van der Waals surface area contributed by atoms with E-state index in [2.05, 4.69) is 0 Å². The third-order valence-electron chi connectivity index (χ3n) is 1.57. The zero-order chi connectivity index (χ0) is 10.9. The number of hydrogen-bond acceptors (Lipinski definition) is 3. The standard InChI is InChI=1S/C8H6F2O4/c9-3-1-4(7(12)8(13)14)6(10)5(11)2-3/h1-2,7,11-12H,(H,13,14). The molecular formula is C8H6F2O4. The lowest BCUT2D eigenvalue weighted by atomic mass is 10.1. The van der Waals surface area contributed by atoms with Gasteiger partial charge in [0.1, 0.15) is 5.82 Å². The van der Waals surface area contributed by atoms with E-state index >= 15 is 0 Å². The highest BCUT2D eigenvalue weighted by Crippen LogP contribution is 2.25. The van der Waals surface area contributed by atoms with Gasteiger partial charge in [0.05, 0.1) is 0 Å². The van der Waals surface area contributed by atoms with Crippen LogP contribution in [0.2, 0.25) is 0 Å². The fourth-order valence-electron chi connectivity index (χ4n) is 0.927. The number of carbonyl (C=O) groups is 1. The summed E-state index contributed by atoms with van der Waals surface area (Å²) in [5, 5.41) is 26.0. The van der Waals surface area contributed by atoms with Crippen LogP contribution < -0.4 is 0 Å². The Balaban J connectivity index is 3.26. The van der Waals surface area contributed by atoms with Gasteiger partial charge >= 0.3 is 5.97 Å². The second-order valence-corrected chi connectivity index (χ2v) is 2.57. The molecule has 0 heterocycles. The Hall–Kier alpha value is -1.69. The van der Waals surface area contributed by atoms with Crippen molar-refractivity contribution in [3.05, 3.63) is 29.3 Å². The summed E-state index contributed by atoms with van der Waals surface area (Å²) in [4.78, 5) is 10.3. The molecule has 14 heavy (non-hydrogen) atoms.